The molecule has 1 aromatic carbocycles. The zero-order chi connectivity index (χ0) is 25.3. The van der Waals surface area contributed by atoms with Crippen LogP contribution in [-0.2, 0) is 18.5 Å². The van der Waals surface area contributed by atoms with Gasteiger partial charge in [-0.1, -0.05) is 43.7 Å². The second-order valence-electron chi connectivity index (χ2n) is 9.72. The van der Waals surface area contributed by atoms with Gasteiger partial charge in [0.2, 0.25) is 5.95 Å². The molecule has 184 valence electrons. The first-order valence-corrected chi connectivity index (χ1v) is 12.0. The van der Waals surface area contributed by atoms with Gasteiger partial charge in [0.1, 0.15) is 0 Å². The molecule has 0 radical (unpaired) electrons. The van der Waals surface area contributed by atoms with Crippen LogP contribution in [0.3, 0.4) is 0 Å². The Morgan fingerprint density at radius 3 is 2.50 bits per heavy atom. The summed E-state index contributed by atoms with van der Waals surface area (Å²) in [6, 6.07) is 11.8. The molecule has 0 unspecified atom stereocenters. The normalized spacial score (nSPS) is 11.8. The van der Waals surface area contributed by atoms with Gasteiger partial charge in [0, 0.05) is 47.1 Å². The Bertz CT molecular complexity index is 1520. The molecule has 10 heteroatoms. The monoisotopic (exact) mass is 483 g/mol. The fourth-order valence-corrected chi connectivity index (χ4v) is 4.34. The highest BCUT2D eigenvalue weighted by atomic mass is 16.1. The number of hydrogen-bond acceptors (Lipinski definition) is 6. The molecule has 0 aliphatic rings. The van der Waals surface area contributed by atoms with Gasteiger partial charge in [0.25, 0.3) is 0 Å². The first-order valence-electron chi connectivity index (χ1n) is 12.0. The second kappa shape index (κ2) is 9.37. The van der Waals surface area contributed by atoms with Gasteiger partial charge in [-0.25, -0.2) is 19.4 Å². The van der Waals surface area contributed by atoms with Crippen molar-refractivity contribution in [3.05, 3.63) is 82.9 Å². The first-order chi connectivity index (χ1) is 17.4. The average molecular weight is 484 g/mol. The van der Waals surface area contributed by atoms with Crippen LogP contribution in [0.25, 0.3) is 28.6 Å². The number of pyridine rings is 1. The molecular weight excluding hydrogens is 454 g/mol. The number of imidazole rings is 2. The summed E-state index contributed by atoms with van der Waals surface area (Å²) in [5.74, 6) is 1.21. The van der Waals surface area contributed by atoms with E-state index in [9.17, 15) is 4.79 Å². The third kappa shape index (κ3) is 4.37. The third-order valence-electron chi connectivity index (χ3n) is 6.10. The lowest BCUT2D eigenvalue weighted by Crippen LogP contribution is -2.30. The maximum Gasteiger partial charge on any atom is 0.335 e. The van der Waals surface area contributed by atoms with Gasteiger partial charge in [-0.3, -0.25) is 9.55 Å². The highest BCUT2D eigenvalue weighted by molar-refractivity contribution is 5.78. The molecule has 5 aromatic rings. The Morgan fingerprint density at radius 2 is 1.83 bits per heavy atom. The number of aromatic nitrogens is 9. The summed E-state index contributed by atoms with van der Waals surface area (Å²) in [5, 5.41) is 14.2. The number of nitrogens with zero attached hydrogens (tertiary/aromatic N) is 8. The Morgan fingerprint density at radius 1 is 1.03 bits per heavy atom. The van der Waals surface area contributed by atoms with E-state index in [1.807, 2.05) is 64.1 Å². The van der Waals surface area contributed by atoms with Crippen LogP contribution in [0.1, 0.15) is 45.4 Å². The summed E-state index contributed by atoms with van der Waals surface area (Å²) in [6.45, 7) is 8.82. The molecule has 0 bridgehead atoms. The van der Waals surface area contributed by atoms with E-state index < -0.39 is 0 Å². The Balaban J connectivity index is 1.48. The lowest BCUT2D eigenvalue weighted by Gasteiger charge is -2.22. The number of tetrazole rings is 1. The molecule has 0 amide bonds. The zero-order valence-electron chi connectivity index (χ0n) is 20.9. The van der Waals surface area contributed by atoms with Crippen LogP contribution in [0.4, 0.5) is 0 Å². The molecule has 0 saturated carbocycles. The van der Waals surface area contributed by atoms with E-state index in [0.29, 0.717) is 18.3 Å². The van der Waals surface area contributed by atoms with E-state index in [2.05, 4.69) is 53.3 Å². The number of benzene rings is 1. The molecule has 0 atom stereocenters. The molecule has 0 fully saturated rings. The predicted molar refractivity (Wildman–Crippen MR) is 137 cm³/mol. The van der Waals surface area contributed by atoms with Crippen molar-refractivity contribution in [3.8, 4) is 28.6 Å². The highest BCUT2D eigenvalue weighted by Crippen LogP contribution is 2.28. The molecule has 0 aliphatic carbocycles. The van der Waals surface area contributed by atoms with Crippen LogP contribution in [-0.4, -0.2) is 44.3 Å². The summed E-state index contributed by atoms with van der Waals surface area (Å²) in [6.07, 6.45) is 9.11. The van der Waals surface area contributed by atoms with E-state index in [1.165, 1.54) is 0 Å². The maximum atomic E-state index is 13.5. The number of aryl methyl sites for hydroxylation is 1. The fraction of sp³-hybridized carbons (Fsp3) is 0.308. The molecule has 0 saturated heterocycles. The molecule has 0 aliphatic heterocycles. The molecular formula is C26H29N9O. The first kappa shape index (κ1) is 23.4. The molecule has 0 spiro atoms. The minimum atomic E-state index is -0.198. The van der Waals surface area contributed by atoms with Crippen LogP contribution < -0.4 is 5.69 Å². The average Bonchev–Trinajstić information content (AvgIpc) is 3.62. The van der Waals surface area contributed by atoms with E-state index in [4.69, 9.17) is 4.98 Å². The van der Waals surface area contributed by atoms with Crippen molar-refractivity contribution in [2.24, 2.45) is 0 Å². The van der Waals surface area contributed by atoms with Crippen LogP contribution in [0.5, 0.6) is 0 Å². The van der Waals surface area contributed by atoms with Crippen molar-refractivity contribution < 1.29 is 0 Å². The van der Waals surface area contributed by atoms with Crippen LogP contribution in [0.15, 0.2) is 66.0 Å². The SMILES string of the molecule is CCCc1cn(-c2nccn2C(C)(C)C)c(=O)n1Cc1ccc(-c2ccccc2-c2nnn[nH]2)nc1. The molecule has 10 nitrogen and oxygen atoms in total. The van der Waals surface area contributed by atoms with Crippen molar-refractivity contribution in [1.29, 1.82) is 0 Å². The van der Waals surface area contributed by atoms with Crippen LogP contribution >= 0.6 is 0 Å². The summed E-state index contributed by atoms with van der Waals surface area (Å²) in [5.41, 5.74) is 4.20. The number of nitrogens with one attached hydrogen (secondary N) is 1. The van der Waals surface area contributed by atoms with Gasteiger partial charge in [0.15, 0.2) is 5.82 Å². The van der Waals surface area contributed by atoms with Crippen molar-refractivity contribution in [2.45, 2.75) is 52.6 Å². The fourth-order valence-electron chi connectivity index (χ4n) is 4.34. The topological polar surface area (TPSA) is 112 Å². The number of rotatable bonds is 7. The van der Waals surface area contributed by atoms with Crippen molar-refractivity contribution in [3.63, 3.8) is 0 Å². The second-order valence-corrected chi connectivity index (χ2v) is 9.72. The van der Waals surface area contributed by atoms with Crippen LogP contribution in [0, 0.1) is 0 Å². The lowest BCUT2D eigenvalue weighted by atomic mass is 10.0. The van der Waals surface area contributed by atoms with Gasteiger partial charge >= 0.3 is 5.69 Å². The molecule has 5 rings (SSSR count). The number of hydrogen-bond donors (Lipinski definition) is 1. The summed E-state index contributed by atoms with van der Waals surface area (Å²) < 4.78 is 5.49. The van der Waals surface area contributed by atoms with Crippen LogP contribution in [0.2, 0.25) is 0 Å². The molecule has 4 aromatic heterocycles. The minimum absolute atomic E-state index is 0.109. The summed E-state index contributed by atoms with van der Waals surface area (Å²) in [7, 11) is 0. The van der Waals surface area contributed by atoms with E-state index in [-0.39, 0.29) is 11.2 Å². The summed E-state index contributed by atoms with van der Waals surface area (Å²) >= 11 is 0. The predicted octanol–water partition coefficient (Wildman–Crippen LogP) is 3.83. The summed E-state index contributed by atoms with van der Waals surface area (Å²) in [4.78, 5) is 22.7. The van der Waals surface area contributed by atoms with E-state index in [1.54, 1.807) is 10.8 Å². The highest BCUT2D eigenvalue weighted by Gasteiger charge is 2.21. The Labute approximate surface area is 208 Å². The van der Waals surface area contributed by atoms with Gasteiger partial charge in [-0.15, -0.1) is 5.10 Å². The Hall–Kier alpha value is -4.34. The van der Waals surface area contributed by atoms with E-state index >= 15 is 0 Å². The largest absolute Gasteiger partial charge is 0.335 e. The maximum absolute atomic E-state index is 13.5. The Kier molecular flexibility index (Phi) is 6.09. The quantitative estimate of drug-likeness (QED) is 0.376. The van der Waals surface area contributed by atoms with Gasteiger partial charge < -0.3 is 4.57 Å². The van der Waals surface area contributed by atoms with Gasteiger partial charge in [-0.2, -0.15) is 0 Å². The molecule has 1 N–H and O–H groups in total. The smallest absolute Gasteiger partial charge is 0.311 e. The van der Waals surface area contributed by atoms with Gasteiger partial charge in [0.05, 0.1) is 12.2 Å². The van der Waals surface area contributed by atoms with Crippen molar-refractivity contribution in [1.82, 2.24) is 44.3 Å². The number of H-pyrrole nitrogens is 1. The van der Waals surface area contributed by atoms with Crippen molar-refractivity contribution in [2.75, 3.05) is 0 Å². The van der Waals surface area contributed by atoms with E-state index in [0.717, 1.165) is 40.9 Å². The zero-order valence-corrected chi connectivity index (χ0v) is 20.9. The third-order valence-corrected chi connectivity index (χ3v) is 6.10. The standard InChI is InChI=1S/C26H29N9O/c1-5-8-19-17-34(24-27-13-14-35(24)26(2,3)4)25(36)33(19)16-18-11-12-22(28-15-18)20-9-6-7-10-21(20)23-29-31-32-30-23/h6-7,9-15,17H,5,8,16H2,1-4H3,(H,29,30,31,32). The minimum Gasteiger partial charge on any atom is -0.311 e. The van der Waals surface area contributed by atoms with Gasteiger partial charge in [-0.05, 0) is 49.2 Å². The molecule has 4 heterocycles. The molecule has 36 heavy (non-hydrogen) atoms. The van der Waals surface area contributed by atoms with Crippen molar-refractivity contribution >= 4 is 0 Å². The lowest BCUT2D eigenvalue weighted by molar-refractivity contribution is 0.390. The number of aromatic amines is 1.